The third-order valence-corrected chi connectivity index (χ3v) is 4.98. The van der Waals surface area contributed by atoms with E-state index in [1.165, 1.54) is 38.8 Å². The van der Waals surface area contributed by atoms with E-state index in [-0.39, 0.29) is 6.04 Å². The summed E-state index contributed by atoms with van der Waals surface area (Å²) in [6, 6.07) is 9.40. The van der Waals surface area contributed by atoms with Crippen molar-refractivity contribution in [1.82, 2.24) is 10.2 Å². The third kappa shape index (κ3) is 2.84. The summed E-state index contributed by atoms with van der Waals surface area (Å²) in [5.41, 5.74) is 1.05. The molecule has 0 amide bonds. The number of phenols is 1. The SMILES string of the molecule is CCC(NC1CCN2CCCC2C1)c1ccccc1O. The van der Waals surface area contributed by atoms with Crippen molar-refractivity contribution in [3.05, 3.63) is 29.8 Å². The van der Waals surface area contributed by atoms with Crippen molar-refractivity contribution in [2.24, 2.45) is 0 Å². The Morgan fingerprint density at radius 1 is 1.30 bits per heavy atom. The van der Waals surface area contributed by atoms with Crippen LogP contribution in [0.2, 0.25) is 0 Å². The molecule has 20 heavy (non-hydrogen) atoms. The molecule has 0 radical (unpaired) electrons. The summed E-state index contributed by atoms with van der Waals surface area (Å²) in [5, 5.41) is 13.8. The average Bonchev–Trinajstić information content (AvgIpc) is 2.93. The minimum Gasteiger partial charge on any atom is -0.508 e. The van der Waals surface area contributed by atoms with E-state index in [4.69, 9.17) is 0 Å². The Bertz CT molecular complexity index is 448. The summed E-state index contributed by atoms with van der Waals surface area (Å²) >= 11 is 0. The molecule has 1 aromatic rings. The van der Waals surface area contributed by atoms with Gasteiger partial charge in [-0.2, -0.15) is 0 Å². The highest BCUT2D eigenvalue weighted by Crippen LogP contribution is 2.31. The molecule has 110 valence electrons. The van der Waals surface area contributed by atoms with E-state index in [9.17, 15) is 5.11 Å². The standard InChI is InChI=1S/C17H26N2O/c1-2-16(15-7-3-4-8-17(15)20)18-13-9-11-19-10-5-6-14(19)12-13/h3-4,7-8,13-14,16,18,20H,2,5-6,9-12H2,1H3. The highest BCUT2D eigenvalue weighted by Gasteiger charge is 2.32. The van der Waals surface area contributed by atoms with Crippen LogP contribution in [0, 0.1) is 0 Å². The molecule has 2 N–H and O–H groups in total. The lowest BCUT2D eigenvalue weighted by atomic mass is 9.95. The van der Waals surface area contributed by atoms with E-state index in [2.05, 4.69) is 17.1 Å². The van der Waals surface area contributed by atoms with Crippen molar-refractivity contribution in [1.29, 1.82) is 0 Å². The maximum atomic E-state index is 10.0. The Balaban J connectivity index is 1.65. The molecule has 2 saturated heterocycles. The number of fused-ring (bicyclic) bond motifs is 1. The molecule has 2 heterocycles. The second-order valence-corrected chi connectivity index (χ2v) is 6.24. The predicted molar refractivity (Wildman–Crippen MR) is 81.9 cm³/mol. The molecule has 2 fully saturated rings. The van der Waals surface area contributed by atoms with E-state index in [1.807, 2.05) is 18.2 Å². The van der Waals surface area contributed by atoms with Crippen LogP contribution >= 0.6 is 0 Å². The monoisotopic (exact) mass is 274 g/mol. The number of rotatable bonds is 4. The summed E-state index contributed by atoms with van der Waals surface area (Å²) in [7, 11) is 0. The van der Waals surface area contributed by atoms with Gasteiger partial charge in [0.1, 0.15) is 5.75 Å². The number of piperidine rings is 1. The maximum Gasteiger partial charge on any atom is 0.120 e. The zero-order valence-corrected chi connectivity index (χ0v) is 12.4. The Morgan fingerprint density at radius 2 is 2.15 bits per heavy atom. The molecule has 0 spiro atoms. The zero-order valence-electron chi connectivity index (χ0n) is 12.4. The summed E-state index contributed by atoms with van der Waals surface area (Å²) in [6.45, 7) is 4.72. The molecule has 3 heteroatoms. The van der Waals surface area contributed by atoms with Crippen molar-refractivity contribution in [2.45, 2.75) is 57.2 Å². The highest BCUT2D eigenvalue weighted by molar-refractivity contribution is 5.34. The first kappa shape index (κ1) is 13.9. The van der Waals surface area contributed by atoms with E-state index in [1.54, 1.807) is 6.07 Å². The zero-order chi connectivity index (χ0) is 13.9. The number of nitrogens with one attached hydrogen (secondary N) is 1. The van der Waals surface area contributed by atoms with Crippen LogP contribution in [-0.2, 0) is 0 Å². The fourth-order valence-electron chi connectivity index (χ4n) is 3.87. The molecule has 0 aromatic heterocycles. The number of nitrogens with zero attached hydrogens (tertiary/aromatic N) is 1. The minimum absolute atomic E-state index is 0.272. The molecule has 3 unspecified atom stereocenters. The van der Waals surface area contributed by atoms with Gasteiger partial charge in [-0.05, 0) is 51.3 Å². The lowest BCUT2D eigenvalue weighted by molar-refractivity contribution is 0.160. The summed E-state index contributed by atoms with van der Waals surface area (Å²) in [4.78, 5) is 2.65. The Morgan fingerprint density at radius 3 is 2.95 bits per heavy atom. The first-order valence-electron chi connectivity index (χ1n) is 8.06. The summed E-state index contributed by atoms with van der Waals surface area (Å²) in [6.07, 6.45) is 6.26. The van der Waals surface area contributed by atoms with Crippen molar-refractivity contribution in [2.75, 3.05) is 13.1 Å². The second kappa shape index (κ2) is 6.15. The topological polar surface area (TPSA) is 35.5 Å². The van der Waals surface area contributed by atoms with Crippen LogP contribution in [-0.4, -0.2) is 35.2 Å². The van der Waals surface area contributed by atoms with E-state index < -0.39 is 0 Å². The molecule has 0 aliphatic carbocycles. The number of para-hydroxylation sites is 1. The number of phenolic OH excluding ortho intramolecular Hbond substituents is 1. The largest absolute Gasteiger partial charge is 0.508 e. The van der Waals surface area contributed by atoms with Crippen LogP contribution < -0.4 is 5.32 Å². The molecule has 3 nitrogen and oxygen atoms in total. The van der Waals surface area contributed by atoms with Crippen LogP contribution in [0.5, 0.6) is 5.75 Å². The molecule has 0 saturated carbocycles. The van der Waals surface area contributed by atoms with Gasteiger partial charge in [0.05, 0.1) is 0 Å². The normalized spacial score (nSPS) is 28.2. The van der Waals surface area contributed by atoms with Crippen molar-refractivity contribution in [3.63, 3.8) is 0 Å². The molecule has 2 aliphatic heterocycles. The Hall–Kier alpha value is -1.06. The second-order valence-electron chi connectivity index (χ2n) is 6.24. The molecule has 2 aliphatic rings. The van der Waals surface area contributed by atoms with Gasteiger partial charge < -0.3 is 15.3 Å². The molecule has 1 aromatic carbocycles. The van der Waals surface area contributed by atoms with Crippen LogP contribution in [0.15, 0.2) is 24.3 Å². The maximum absolute atomic E-state index is 10.0. The molecule has 0 bridgehead atoms. The average molecular weight is 274 g/mol. The molecule has 3 rings (SSSR count). The van der Waals surface area contributed by atoms with Crippen LogP contribution in [0.25, 0.3) is 0 Å². The number of aromatic hydroxyl groups is 1. The van der Waals surface area contributed by atoms with Crippen molar-refractivity contribution in [3.8, 4) is 5.75 Å². The fourth-order valence-corrected chi connectivity index (χ4v) is 3.87. The molecular formula is C17H26N2O. The first-order chi connectivity index (χ1) is 9.78. The lowest BCUT2D eigenvalue weighted by Crippen LogP contribution is -2.46. The quantitative estimate of drug-likeness (QED) is 0.886. The first-order valence-corrected chi connectivity index (χ1v) is 8.06. The van der Waals surface area contributed by atoms with Gasteiger partial charge in [-0.15, -0.1) is 0 Å². The lowest BCUT2D eigenvalue weighted by Gasteiger charge is -2.37. The van der Waals surface area contributed by atoms with Gasteiger partial charge in [-0.1, -0.05) is 25.1 Å². The van der Waals surface area contributed by atoms with Crippen LogP contribution in [0.3, 0.4) is 0 Å². The van der Waals surface area contributed by atoms with Crippen molar-refractivity contribution < 1.29 is 5.11 Å². The smallest absolute Gasteiger partial charge is 0.120 e. The molecular weight excluding hydrogens is 248 g/mol. The number of benzene rings is 1. The van der Waals surface area contributed by atoms with Crippen LogP contribution in [0.1, 0.15) is 50.6 Å². The van der Waals surface area contributed by atoms with Gasteiger partial charge in [0.15, 0.2) is 0 Å². The predicted octanol–water partition coefficient (Wildman–Crippen LogP) is 3.06. The van der Waals surface area contributed by atoms with Crippen molar-refractivity contribution >= 4 is 0 Å². The Labute approximate surface area is 122 Å². The number of hydrogen-bond acceptors (Lipinski definition) is 3. The van der Waals surface area contributed by atoms with E-state index >= 15 is 0 Å². The van der Waals surface area contributed by atoms with Gasteiger partial charge >= 0.3 is 0 Å². The van der Waals surface area contributed by atoms with Gasteiger partial charge in [0.25, 0.3) is 0 Å². The summed E-state index contributed by atoms with van der Waals surface area (Å²) < 4.78 is 0. The summed E-state index contributed by atoms with van der Waals surface area (Å²) in [5.74, 6) is 0.421. The minimum atomic E-state index is 0.272. The van der Waals surface area contributed by atoms with Gasteiger partial charge in [-0.3, -0.25) is 0 Å². The van der Waals surface area contributed by atoms with Gasteiger partial charge in [0, 0.05) is 23.7 Å². The third-order valence-electron chi connectivity index (χ3n) is 4.98. The van der Waals surface area contributed by atoms with Crippen LogP contribution in [0.4, 0.5) is 0 Å². The Kier molecular flexibility index (Phi) is 4.27. The van der Waals surface area contributed by atoms with E-state index in [0.29, 0.717) is 11.8 Å². The van der Waals surface area contributed by atoms with Gasteiger partial charge in [-0.25, -0.2) is 0 Å². The highest BCUT2D eigenvalue weighted by atomic mass is 16.3. The number of hydrogen-bond donors (Lipinski definition) is 2. The van der Waals surface area contributed by atoms with E-state index in [0.717, 1.165) is 18.0 Å². The molecule has 3 atom stereocenters. The fraction of sp³-hybridized carbons (Fsp3) is 0.647. The van der Waals surface area contributed by atoms with Gasteiger partial charge in [0.2, 0.25) is 0 Å².